The Morgan fingerprint density at radius 1 is 1.14 bits per heavy atom. The average Bonchev–Trinajstić information content (AvgIpc) is 3.08. The highest BCUT2D eigenvalue weighted by atomic mass is 35.5. The molecule has 3 rings (SSSR count). The molecule has 0 spiro atoms. The highest BCUT2D eigenvalue weighted by Gasteiger charge is 2.34. The van der Waals surface area contributed by atoms with Crippen molar-refractivity contribution in [2.45, 2.75) is 6.42 Å². The highest BCUT2D eigenvalue weighted by Crippen LogP contribution is 2.26. The van der Waals surface area contributed by atoms with Gasteiger partial charge in [-0.1, -0.05) is 47.2 Å². The molecule has 1 heterocycles. The molecule has 0 aromatic heterocycles. The fourth-order valence-electron chi connectivity index (χ4n) is 2.82. The van der Waals surface area contributed by atoms with Crippen molar-refractivity contribution in [3.8, 4) is 17.6 Å². The maximum absolute atomic E-state index is 12.3. The van der Waals surface area contributed by atoms with Gasteiger partial charge in [-0.3, -0.25) is 9.59 Å². The summed E-state index contributed by atoms with van der Waals surface area (Å²) in [5.74, 6) is 5.54. The molecule has 0 aliphatic carbocycles. The van der Waals surface area contributed by atoms with Crippen LogP contribution >= 0.6 is 23.2 Å². The van der Waals surface area contributed by atoms with Crippen molar-refractivity contribution >= 4 is 40.7 Å². The first-order chi connectivity index (χ1) is 13.5. The lowest BCUT2D eigenvalue weighted by Crippen LogP contribution is -2.33. The summed E-state index contributed by atoms with van der Waals surface area (Å²) in [6.45, 7) is 0.706. The zero-order valence-corrected chi connectivity index (χ0v) is 16.5. The van der Waals surface area contributed by atoms with Gasteiger partial charge in [0.25, 0.3) is 0 Å². The summed E-state index contributed by atoms with van der Waals surface area (Å²) in [6.07, 6.45) is 0.178. The summed E-state index contributed by atoms with van der Waals surface area (Å²) in [6, 6.07) is 14.1. The fraction of sp³-hybridized carbons (Fsp3) is 0.238. The van der Waals surface area contributed by atoms with Crippen LogP contribution in [0.1, 0.15) is 6.42 Å². The minimum atomic E-state index is -0.399. The van der Waals surface area contributed by atoms with E-state index in [1.807, 2.05) is 12.1 Å². The van der Waals surface area contributed by atoms with E-state index < -0.39 is 5.92 Å². The van der Waals surface area contributed by atoms with Crippen LogP contribution < -0.4 is 15.0 Å². The van der Waals surface area contributed by atoms with E-state index in [0.29, 0.717) is 22.3 Å². The van der Waals surface area contributed by atoms with Gasteiger partial charge in [0.05, 0.1) is 17.5 Å². The van der Waals surface area contributed by atoms with E-state index in [-0.39, 0.29) is 31.4 Å². The van der Waals surface area contributed by atoms with Crippen LogP contribution in [0.3, 0.4) is 0 Å². The van der Waals surface area contributed by atoms with E-state index in [4.69, 9.17) is 27.9 Å². The highest BCUT2D eigenvalue weighted by molar-refractivity contribution is 6.32. The Bertz CT molecular complexity index is 919. The number of para-hydroxylation sites is 1. The molecule has 0 radical (unpaired) electrons. The molecule has 5 nitrogen and oxygen atoms in total. The molecule has 28 heavy (non-hydrogen) atoms. The third-order valence-corrected chi connectivity index (χ3v) is 4.81. The fourth-order valence-corrected chi connectivity index (χ4v) is 3.13. The second-order valence-electron chi connectivity index (χ2n) is 6.17. The molecule has 7 heteroatoms. The molecule has 2 amide bonds. The Morgan fingerprint density at radius 3 is 2.64 bits per heavy atom. The predicted molar refractivity (Wildman–Crippen MR) is 110 cm³/mol. The van der Waals surface area contributed by atoms with Crippen LogP contribution in [-0.4, -0.2) is 31.5 Å². The lowest BCUT2D eigenvalue weighted by atomic mass is 10.1. The monoisotopic (exact) mass is 416 g/mol. The second-order valence-corrected chi connectivity index (χ2v) is 7.02. The maximum Gasteiger partial charge on any atom is 0.227 e. The largest absolute Gasteiger partial charge is 0.479 e. The Morgan fingerprint density at radius 2 is 1.89 bits per heavy atom. The van der Waals surface area contributed by atoms with E-state index in [1.165, 1.54) is 0 Å². The number of hydrogen-bond donors (Lipinski definition) is 1. The minimum absolute atomic E-state index is 0.0818. The number of rotatable bonds is 5. The Labute approximate surface area is 173 Å². The number of carbonyl (C=O) groups excluding carboxylic acids is 2. The molecule has 2 aromatic rings. The van der Waals surface area contributed by atoms with E-state index in [0.717, 1.165) is 5.69 Å². The van der Waals surface area contributed by atoms with E-state index in [9.17, 15) is 9.59 Å². The predicted octanol–water partition coefficient (Wildman–Crippen LogP) is 3.54. The molecule has 144 valence electrons. The third kappa shape index (κ3) is 5.19. The molecule has 1 aliphatic heterocycles. The van der Waals surface area contributed by atoms with E-state index in [1.54, 1.807) is 41.3 Å². The molecular formula is C21H18Cl2N2O3. The topological polar surface area (TPSA) is 58.6 Å². The number of anilines is 1. The summed E-state index contributed by atoms with van der Waals surface area (Å²) >= 11 is 11.9. The molecule has 1 aliphatic rings. The van der Waals surface area contributed by atoms with Crippen LogP contribution in [0.2, 0.25) is 10.0 Å². The molecule has 2 aromatic carbocycles. The van der Waals surface area contributed by atoms with Crippen molar-refractivity contribution in [3.05, 3.63) is 58.6 Å². The van der Waals surface area contributed by atoms with Crippen molar-refractivity contribution in [1.29, 1.82) is 0 Å². The van der Waals surface area contributed by atoms with Crippen molar-refractivity contribution in [2.24, 2.45) is 5.92 Å². The molecular weight excluding hydrogens is 399 g/mol. The number of nitrogens with one attached hydrogen (secondary N) is 1. The Kier molecular flexibility index (Phi) is 6.80. The van der Waals surface area contributed by atoms with Gasteiger partial charge in [-0.05, 0) is 36.4 Å². The average molecular weight is 417 g/mol. The Hall–Kier alpha value is -2.68. The quantitative estimate of drug-likeness (QED) is 0.758. The zero-order chi connectivity index (χ0) is 19.9. The zero-order valence-electron chi connectivity index (χ0n) is 15.0. The number of carbonyl (C=O) groups is 2. The molecule has 1 fully saturated rings. The Balaban J connectivity index is 1.44. The van der Waals surface area contributed by atoms with Gasteiger partial charge in [-0.2, -0.15) is 0 Å². The number of hydrogen-bond acceptors (Lipinski definition) is 3. The van der Waals surface area contributed by atoms with Gasteiger partial charge in [0, 0.05) is 23.7 Å². The van der Waals surface area contributed by atoms with Crippen LogP contribution in [0, 0.1) is 17.8 Å². The summed E-state index contributed by atoms with van der Waals surface area (Å²) in [5.41, 5.74) is 0.737. The lowest BCUT2D eigenvalue weighted by molar-refractivity contribution is -0.126. The molecule has 1 N–H and O–H groups in total. The van der Waals surface area contributed by atoms with Crippen LogP contribution in [-0.2, 0) is 9.59 Å². The first kappa shape index (κ1) is 20.1. The number of amides is 2. The summed E-state index contributed by atoms with van der Waals surface area (Å²) < 4.78 is 5.45. The minimum Gasteiger partial charge on any atom is -0.479 e. The molecule has 1 unspecified atom stereocenters. The van der Waals surface area contributed by atoms with Gasteiger partial charge >= 0.3 is 0 Å². The van der Waals surface area contributed by atoms with Gasteiger partial charge in [0.2, 0.25) is 11.8 Å². The first-order valence-electron chi connectivity index (χ1n) is 8.71. The number of halogens is 2. The SMILES string of the molecule is O=C(NCC#CCOc1ccccc1Cl)C1CC(=O)N(c2ccc(Cl)cc2)C1. The number of ether oxygens (including phenoxy) is 1. The van der Waals surface area contributed by atoms with Crippen molar-refractivity contribution < 1.29 is 14.3 Å². The number of benzene rings is 2. The van der Waals surface area contributed by atoms with E-state index in [2.05, 4.69) is 17.2 Å². The number of nitrogens with zero attached hydrogens (tertiary/aromatic N) is 1. The maximum atomic E-state index is 12.3. The smallest absolute Gasteiger partial charge is 0.227 e. The lowest BCUT2D eigenvalue weighted by Gasteiger charge is -2.16. The van der Waals surface area contributed by atoms with Crippen LogP contribution in [0.4, 0.5) is 5.69 Å². The van der Waals surface area contributed by atoms with Crippen LogP contribution in [0.5, 0.6) is 5.75 Å². The molecule has 0 saturated carbocycles. The summed E-state index contributed by atoms with van der Waals surface area (Å²) in [7, 11) is 0. The summed E-state index contributed by atoms with van der Waals surface area (Å²) in [5, 5.41) is 3.86. The van der Waals surface area contributed by atoms with Crippen LogP contribution in [0.25, 0.3) is 0 Å². The van der Waals surface area contributed by atoms with Gasteiger partial charge in [-0.15, -0.1) is 0 Å². The van der Waals surface area contributed by atoms with Crippen LogP contribution in [0.15, 0.2) is 48.5 Å². The summed E-state index contributed by atoms with van der Waals surface area (Å²) in [4.78, 5) is 26.1. The van der Waals surface area contributed by atoms with Crippen molar-refractivity contribution in [3.63, 3.8) is 0 Å². The van der Waals surface area contributed by atoms with Crippen molar-refractivity contribution in [1.82, 2.24) is 5.32 Å². The van der Waals surface area contributed by atoms with Gasteiger partial charge < -0.3 is 15.0 Å². The standard InChI is InChI=1S/C21H18Cl2N2O3/c22-16-7-9-17(10-8-16)25-14-15(13-20(25)26)21(27)24-11-3-4-12-28-19-6-2-1-5-18(19)23/h1-2,5-10,15H,11-14H2,(H,24,27). The molecule has 1 atom stereocenters. The van der Waals surface area contributed by atoms with Gasteiger partial charge in [0.15, 0.2) is 0 Å². The molecule has 1 saturated heterocycles. The normalized spacial score (nSPS) is 15.7. The first-order valence-corrected chi connectivity index (χ1v) is 9.47. The second kappa shape index (κ2) is 9.50. The molecule has 0 bridgehead atoms. The van der Waals surface area contributed by atoms with Gasteiger partial charge in [-0.25, -0.2) is 0 Å². The van der Waals surface area contributed by atoms with Gasteiger partial charge in [0.1, 0.15) is 12.4 Å². The third-order valence-electron chi connectivity index (χ3n) is 4.25. The van der Waals surface area contributed by atoms with Crippen molar-refractivity contribution in [2.75, 3.05) is 24.6 Å². The van der Waals surface area contributed by atoms with E-state index >= 15 is 0 Å².